The monoisotopic (exact) mass is 426 g/mol. The van der Waals surface area contributed by atoms with Crippen LogP contribution in [0.15, 0.2) is 16.9 Å². The van der Waals surface area contributed by atoms with Crippen LogP contribution in [0.1, 0.15) is 30.0 Å². The second-order valence-electron chi connectivity index (χ2n) is 8.51. The lowest BCUT2D eigenvalue weighted by atomic mass is 9.83. The van der Waals surface area contributed by atoms with Gasteiger partial charge in [-0.2, -0.15) is 0 Å². The van der Waals surface area contributed by atoms with Crippen LogP contribution in [0.25, 0.3) is 0 Å². The SMILES string of the molecule is CS(=O)(=O)NCC(=O)N1C[C@@H]2C[C@H](C1)c1ccc(CN3CC[C@H](F)C3)c(=O)n1C2. The van der Waals surface area contributed by atoms with Gasteiger partial charge in [0, 0.05) is 56.4 Å². The summed E-state index contributed by atoms with van der Waals surface area (Å²) in [5.41, 5.74) is 1.60. The fourth-order valence-corrected chi connectivity index (χ4v) is 5.18. The standard InChI is InChI=1S/C19H27FN4O4S/c1-29(27,28)21-7-18(25)23-8-13-6-15(11-23)17-3-2-14(19(26)24(17)9-13)10-22-5-4-16(20)12-22/h2-3,13,15-16,21H,4-12H2,1H3/t13-,15+,16-/m0/s1. The fourth-order valence-electron chi connectivity index (χ4n) is 4.79. The number of hydrogen-bond acceptors (Lipinski definition) is 5. The molecule has 160 valence electrons. The molecule has 2 bridgehead atoms. The molecule has 0 aliphatic carbocycles. The Hall–Kier alpha value is -1.78. The maximum atomic E-state index is 13.4. The van der Waals surface area contributed by atoms with Crippen molar-refractivity contribution < 1.29 is 17.6 Å². The number of amides is 1. The van der Waals surface area contributed by atoms with Gasteiger partial charge in [-0.3, -0.25) is 14.5 Å². The van der Waals surface area contributed by atoms with E-state index in [9.17, 15) is 22.4 Å². The van der Waals surface area contributed by atoms with E-state index >= 15 is 0 Å². The van der Waals surface area contributed by atoms with Crippen LogP contribution >= 0.6 is 0 Å². The summed E-state index contributed by atoms with van der Waals surface area (Å²) in [6.07, 6.45) is 1.66. The smallest absolute Gasteiger partial charge is 0.255 e. The molecule has 8 nitrogen and oxygen atoms in total. The van der Waals surface area contributed by atoms with Gasteiger partial charge in [-0.1, -0.05) is 6.07 Å². The molecule has 4 heterocycles. The van der Waals surface area contributed by atoms with E-state index in [0.29, 0.717) is 51.3 Å². The van der Waals surface area contributed by atoms with Gasteiger partial charge in [0.15, 0.2) is 0 Å². The summed E-state index contributed by atoms with van der Waals surface area (Å²) in [6, 6.07) is 3.80. The highest BCUT2D eigenvalue weighted by atomic mass is 32.2. The van der Waals surface area contributed by atoms with Crippen molar-refractivity contribution >= 4 is 15.9 Å². The number of pyridine rings is 1. The molecule has 2 saturated heterocycles. The Balaban J connectivity index is 1.49. The number of nitrogens with one attached hydrogen (secondary N) is 1. The van der Waals surface area contributed by atoms with Crippen molar-refractivity contribution in [2.75, 3.05) is 39.0 Å². The van der Waals surface area contributed by atoms with Crippen LogP contribution in [0.5, 0.6) is 0 Å². The molecule has 0 radical (unpaired) electrons. The van der Waals surface area contributed by atoms with Gasteiger partial charge < -0.3 is 9.47 Å². The summed E-state index contributed by atoms with van der Waals surface area (Å²) < 4.78 is 40.0. The Morgan fingerprint density at radius 3 is 2.72 bits per heavy atom. The average molecular weight is 427 g/mol. The van der Waals surface area contributed by atoms with Gasteiger partial charge >= 0.3 is 0 Å². The molecule has 3 aliphatic rings. The van der Waals surface area contributed by atoms with Crippen LogP contribution < -0.4 is 10.3 Å². The number of fused-ring (bicyclic) bond motifs is 4. The normalized spacial score (nSPS) is 27.1. The highest BCUT2D eigenvalue weighted by molar-refractivity contribution is 7.88. The summed E-state index contributed by atoms with van der Waals surface area (Å²) in [4.78, 5) is 29.1. The van der Waals surface area contributed by atoms with Crippen LogP contribution in [0.4, 0.5) is 4.39 Å². The molecule has 3 atom stereocenters. The van der Waals surface area contributed by atoms with E-state index in [1.165, 1.54) is 0 Å². The minimum Gasteiger partial charge on any atom is -0.341 e. The maximum absolute atomic E-state index is 13.4. The Bertz CT molecular complexity index is 963. The van der Waals surface area contributed by atoms with Crippen molar-refractivity contribution in [2.45, 2.75) is 38.0 Å². The number of nitrogens with zero attached hydrogens (tertiary/aromatic N) is 3. The molecule has 29 heavy (non-hydrogen) atoms. The van der Waals surface area contributed by atoms with Gasteiger partial charge in [-0.25, -0.2) is 17.5 Å². The quantitative estimate of drug-likeness (QED) is 0.709. The zero-order chi connectivity index (χ0) is 20.8. The van der Waals surface area contributed by atoms with Gasteiger partial charge in [0.2, 0.25) is 15.9 Å². The number of carbonyl (C=O) groups excluding carboxylic acids is 1. The van der Waals surface area contributed by atoms with Crippen LogP contribution in [-0.4, -0.2) is 73.8 Å². The number of piperidine rings is 1. The third-order valence-corrected chi connectivity index (χ3v) is 6.80. The lowest BCUT2D eigenvalue weighted by molar-refractivity contribution is -0.132. The topological polar surface area (TPSA) is 91.7 Å². The number of alkyl halides is 1. The predicted molar refractivity (Wildman–Crippen MR) is 106 cm³/mol. The van der Waals surface area contributed by atoms with E-state index in [-0.39, 0.29) is 29.8 Å². The molecule has 4 rings (SSSR count). The third kappa shape index (κ3) is 4.54. The number of hydrogen-bond donors (Lipinski definition) is 1. The zero-order valence-corrected chi connectivity index (χ0v) is 17.3. The van der Waals surface area contributed by atoms with E-state index in [0.717, 1.165) is 18.4 Å². The van der Waals surface area contributed by atoms with Crippen LogP contribution in [0, 0.1) is 5.92 Å². The maximum Gasteiger partial charge on any atom is 0.255 e. The van der Waals surface area contributed by atoms with Gasteiger partial charge in [-0.15, -0.1) is 0 Å². The molecule has 1 N–H and O–H groups in total. The average Bonchev–Trinajstić information content (AvgIpc) is 3.06. The summed E-state index contributed by atoms with van der Waals surface area (Å²) >= 11 is 0. The molecule has 1 amide bonds. The molecule has 1 aromatic heterocycles. The molecule has 1 aromatic rings. The van der Waals surface area contributed by atoms with E-state index in [1.807, 2.05) is 21.6 Å². The number of carbonyl (C=O) groups is 1. The van der Waals surface area contributed by atoms with E-state index < -0.39 is 16.2 Å². The van der Waals surface area contributed by atoms with Crippen molar-refractivity contribution in [3.05, 3.63) is 33.7 Å². The molecular weight excluding hydrogens is 399 g/mol. The Kier molecular flexibility index (Phi) is 5.52. The molecule has 0 saturated carbocycles. The van der Waals surface area contributed by atoms with Crippen molar-refractivity contribution in [2.24, 2.45) is 5.92 Å². The van der Waals surface area contributed by atoms with Gasteiger partial charge in [-0.05, 0) is 24.8 Å². The van der Waals surface area contributed by atoms with E-state index in [1.54, 1.807) is 4.90 Å². The zero-order valence-electron chi connectivity index (χ0n) is 16.5. The molecule has 3 aliphatic heterocycles. The van der Waals surface area contributed by atoms with E-state index in [4.69, 9.17) is 0 Å². The van der Waals surface area contributed by atoms with Crippen molar-refractivity contribution in [3.63, 3.8) is 0 Å². The van der Waals surface area contributed by atoms with Crippen LogP contribution in [-0.2, 0) is 27.9 Å². The minimum absolute atomic E-state index is 0.0157. The molecular formula is C19H27FN4O4S. The lowest BCUT2D eigenvalue weighted by Crippen LogP contribution is -2.51. The number of rotatable bonds is 5. The summed E-state index contributed by atoms with van der Waals surface area (Å²) in [5, 5.41) is 0. The molecule has 0 unspecified atom stereocenters. The third-order valence-electron chi connectivity index (χ3n) is 6.13. The van der Waals surface area contributed by atoms with Crippen molar-refractivity contribution in [3.8, 4) is 0 Å². The van der Waals surface area contributed by atoms with Gasteiger partial charge in [0.25, 0.3) is 5.56 Å². The highest BCUT2D eigenvalue weighted by Crippen LogP contribution is 2.35. The minimum atomic E-state index is -3.42. The Morgan fingerprint density at radius 1 is 1.24 bits per heavy atom. The fraction of sp³-hybridized carbons (Fsp3) is 0.684. The Morgan fingerprint density at radius 2 is 2.03 bits per heavy atom. The number of likely N-dealkylation sites (tertiary alicyclic amines) is 2. The van der Waals surface area contributed by atoms with Gasteiger partial charge in [0.05, 0.1) is 12.8 Å². The first-order valence-corrected chi connectivity index (χ1v) is 11.9. The number of halogens is 1. The molecule has 0 aromatic carbocycles. The van der Waals surface area contributed by atoms with E-state index in [2.05, 4.69) is 4.72 Å². The molecule has 2 fully saturated rings. The highest BCUT2D eigenvalue weighted by Gasteiger charge is 2.36. The lowest BCUT2D eigenvalue weighted by Gasteiger charge is -2.43. The Labute approximate surface area is 169 Å². The van der Waals surface area contributed by atoms with Gasteiger partial charge in [0.1, 0.15) is 6.17 Å². The first-order chi connectivity index (χ1) is 13.7. The molecule has 0 spiro atoms. The van der Waals surface area contributed by atoms with Crippen molar-refractivity contribution in [1.29, 1.82) is 0 Å². The second-order valence-corrected chi connectivity index (χ2v) is 10.3. The summed E-state index contributed by atoms with van der Waals surface area (Å²) in [6.45, 7) is 2.83. The second kappa shape index (κ2) is 7.81. The predicted octanol–water partition coefficient (Wildman–Crippen LogP) is -0.113. The van der Waals surface area contributed by atoms with Crippen molar-refractivity contribution in [1.82, 2.24) is 19.1 Å². The number of sulfonamides is 1. The largest absolute Gasteiger partial charge is 0.341 e. The molecule has 10 heteroatoms. The first-order valence-electron chi connectivity index (χ1n) is 10.0. The number of aromatic nitrogens is 1. The summed E-state index contributed by atoms with van der Waals surface area (Å²) in [7, 11) is -3.42. The van der Waals surface area contributed by atoms with Crippen LogP contribution in [0.3, 0.4) is 0 Å². The first kappa shape index (κ1) is 20.5. The van der Waals surface area contributed by atoms with Crippen LogP contribution in [0.2, 0.25) is 0 Å². The summed E-state index contributed by atoms with van der Waals surface area (Å²) in [5.74, 6) is -0.0146.